The second-order valence-corrected chi connectivity index (χ2v) is 21.6. The van der Waals surface area contributed by atoms with Crippen LogP contribution in [0, 0.1) is 0 Å². The van der Waals surface area contributed by atoms with Crippen molar-refractivity contribution < 1.29 is 86.1 Å². The summed E-state index contributed by atoms with van der Waals surface area (Å²) < 4.78 is 94.4. The van der Waals surface area contributed by atoms with Gasteiger partial charge in [-0.25, -0.2) is 4.79 Å². The zero-order valence-electron chi connectivity index (χ0n) is 49.2. The Kier molecular flexibility index (Phi) is 23.9. The van der Waals surface area contributed by atoms with E-state index >= 15 is 0 Å². The average molecular weight is 1210 g/mol. The SMILES string of the molecule is CO[C@@H]1O[C@H](CO)[C@H](O)[C@H](OCc2ccccc2)[C@H]1O[C@@H]1O[C@H](COCc2ccccc2)[C@H](OC(C)=O)[C@H](O[C@@H]2O[C@H](COCc3ccccc3)[C@@H](OCc3ccccc3)[C@H](OCc3ccccc3)[C@H]2OC(=O)c2ccccc2)[C@H]1OCc1ccccc1. The largest absolute Gasteiger partial charge is 0.457 e. The number of esters is 2. The van der Waals surface area contributed by atoms with Crippen LogP contribution in [-0.4, -0.2) is 141 Å². The van der Waals surface area contributed by atoms with Crippen molar-refractivity contribution in [2.45, 2.75) is 139 Å². The molecule has 0 amide bonds. The number of aliphatic hydroxyl groups excluding tert-OH is 2. The van der Waals surface area contributed by atoms with Crippen molar-refractivity contribution in [2.24, 2.45) is 0 Å². The molecule has 2 N–H and O–H groups in total. The second kappa shape index (κ2) is 32.9. The Morgan fingerprint density at radius 1 is 0.386 bits per heavy atom. The molecule has 10 rings (SSSR count). The molecule has 3 heterocycles. The Labute approximate surface area is 512 Å². The third kappa shape index (κ3) is 17.6. The van der Waals surface area contributed by atoms with Crippen molar-refractivity contribution in [3.8, 4) is 0 Å². The Bertz CT molecular complexity index is 3120. The number of ether oxygens (including phenoxy) is 14. The molecule has 7 aromatic rings. The number of carbonyl (C=O) groups excluding carboxylic acids is 2. The molecule has 0 aromatic heterocycles. The number of hydrogen-bond acceptors (Lipinski definition) is 18. The summed E-state index contributed by atoms with van der Waals surface area (Å²) in [6.07, 6.45) is -19.5. The van der Waals surface area contributed by atoms with E-state index in [2.05, 4.69) is 0 Å². The molecule has 3 aliphatic rings. The van der Waals surface area contributed by atoms with Gasteiger partial charge >= 0.3 is 11.9 Å². The molecule has 15 atom stereocenters. The lowest BCUT2D eigenvalue weighted by atomic mass is 9.95. The lowest BCUT2D eigenvalue weighted by Gasteiger charge is -2.51. The monoisotopic (exact) mass is 1200 g/mol. The van der Waals surface area contributed by atoms with E-state index in [4.69, 9.17) is 66.3 Å². The number of rotatable bonds is 29. The van der Waals surface area contributed by atoms with E-state index in [1.165, 1.54) is 14.0 Å². The normalized spacial score (nSPS) is 27.1. The van der Waals surface area contributed by atoms with Gasteiger partial charge in [0.05, 0.1) is 65.0 Å². The summed E-state index contributed by atoms with van der Waals surface area (Å²) in [5.41, 5.74) is 5.18. The topological polar surface area (TPSA) is 204 Å². The minimum absolute atomic E-state index is 0.0224. The fourth-order valence-electron chi connectivity index (χ4n) is 10.9. The van der Waals surface area contributed by atoms with Crippen molar-refractivity contribution in [3.05, 3.63) is 251 Å². The van der Waals surface area contributed by atoms with Crippen molar-refractivity contribution in [3.63, 3.8) is 0 Å². The molecule has 0 bridgehead atoms. The second-order valence-electron chi connectivity index (χ2n) is 21.6. The predicted octanol–water partition coefficient (Wildman–Crippen LogP) is 8.86. The third-order valence-electron chi connectivity index (χ3n) is 15.3. The quantitative estimate of drug-likeness (QED) is 0.0420. The molecule has 88 heavy (non-hydrogen) atoms. The summed E-state index contributed by atoms with van der Waals surface area (Å²) in [6.45, 7) is 0.828. The molecule has 7 aromatic carbocycles. The van der Waals surface area contributed by atoms with Crippen LogP contribution in [0.25, 0.3) is 0 Å². The maximum Gasteiger partial charge on any atom is 0.338 e. The van der Waals surface area contributed by atoms with Crippen LogP contribution in [0.2, 0.25) is 0 Å². The van der Waals surface area contributed by atoms with Gasteiger partial charge in [0, 0.05) is 14.0 Å². The highest BCUT2D eigenvalue weighted by molar-refractivity contribution is 5.89. The number of benzene rings is 7. The van der Waals surface area contributed by atoms with Gasteiger partial charge in [0.1, 0.15) is 61.0 Å². The van der Waals surface area contributed by atoms with E-state index in [1.807, 2.05) is 182 Å². The first-order valence-electron chi connectivity index (χ1n) is 29.6. The predicted molar refractivity (Wildman–Crippen MR) is 319 cm³/mol. The highest BCUT2D eigenvalue weighted by Crippen LogP contribution is 2.39. The van der Waals surface area contributed by atoms with Crippen LogP contribution in [-0.2, 0) is 111 Å². The maximum absolute atomic E-state index is 14.8. The lowest BCUT2D eigenvalue weighted by molar-refractivity contribution is -0.393. The molecule has 0 aliphatic carbocycles. The summed E-state index contributed by atoms with van der Waals surface area (Å²) in [4.78, 5) is 28.5. The average Bonchev–Trinajstić information content (AvgIpc) is 2.15. The lowest BCUT2D eigenvalue weighted by Crippen LogP contribution is -2.68. The Morgan fingerprint density at radius 3 is 1.18 bits per heavy atom. The van der Waals surface area contributed by atoms with Crippen molar-refractivity contribution in [1.29, 1.82) is 0 Å². The van der Waals surface area contributed by atoms with E-state index in [9.17, 15) is 19.8 Å². The molecule has 0 saturated carbocycles. The first-order chi connectivity index (χ1) is 43.2. The van der Waals surface area contributed by atoms with Crippen molar-refractivity contribution in [2.75, 3.05) is 26.9 Å². The molecular weight excluding hydrogens is 1130 g/mol. The summed E-state index contributed by atoms with van der Waals surface area (Å²) in [5.74, 6) is -1.43. The van der Waals surface area contributed by atoms with Crippen LogP contribution in [0.5, 0.6) is 0 Å². The Balaban J connectivity index is 1.09. The first kappa shape index (κ1) is 63.9. The molecule has 3 aliphatic heterocycles. The zero-order chi connectivity index (χ0) is 60.9. The molecule has 18 heteroatoms. The minimum Gasteiger partial charge on any atom is -0.457 e. The van der Waals surface area contributed by atoms with Gasteiger partial charge in [-0.2, -0.15) is 0 Å². The Hall–Kier alpha value is -7.08. The number of methoxy groups -OCH3 is 1. The maximum atomic E-state index is 14.8. The van der Waals surface area contributed by atoms with Gasteiger partial charge in [-0.3, -0.25) is 4.79 Å². The van der Waals surface area contributed by atoms with Gasteiger partial charge in [0.2, 0.25) is 0 Å². The molecule has 3 fully saturated rings. The van der Waals surface area contributed by atoms with Crippen LogP contribution < -0.4 is 0 Å². The van der Waals surface area contributed by atoms with Crippen LogP contribution in [0.3, 0.4) is 0 Å². The standard InChI is InChI=1S/C70H76O18/c1-47(72)82-60-57(46-77-40-49-26-12-4-13-27-49)85-69(88-65-61(79-42-51-30-16-6-17-31-51)58(73)55(38-71)83-68(65)75-2)64(81-44-53-34-20-8-21-35-53)63(60)87-70-66(86-67(74)54-36-22-9-23-37-54)62(80-43-52-32-18-7-19-33-52)59(78-41-50-28-14-5-15-29-50)56(84-70)45-76-39-48-24-10-3-11-25-48/h3-37,55-66,68-71,73H,38-46H2,1-2H3/t55-,56-,57-,58+,59-,60+,61+,62+,63+,64-,65-,66-,68-,69+,70+/m1/s1. The van der Waals surface area contributed by atoms with E-state index in [0.29, 0.717) is 0 Å². The highest BCUT2D eigenvalue weighted by atomic mass is 16.8. The zero-order valence-corrected chi connectivity index (χ0v) is 49.2. The minimum atomic E-state index is -1.59. The highest BCUT2D eigenvalue weighted by Gasteiger charge is 2.58. The molecule has 0 spiro atoms. The Morgan fingerprint density at radius 2 is 0.750 bits per heavy atom. The molecule has 0 radical (unpaired) electrons. The van der Waals surface area contributed by atoms with Gasteiger partial charge in [0.15, 0.2) is 31.1 Å². The van der Waals surface area contributed by atoms with E-state index in [-0.39, 0.29) is 58.4 Å². The van der Waals surface area contributed by atoms with Crippen LogP contribution in [0.1, 0.15) is 50.7 Å². The molecule has 3 saturated heterocycles. The van der Waals surface area contributed by atoms with Crippen molar-refractivity contribution in [1.82, 2.24) is 0 Å². The van der Waals surface area contributed by atoms with Gasteiger partial charge in [0.25, 0.3) is 0 Å². The van der Waals surface area contributed by atoms with Crippen LogP contribution in [0.15, 0.2) is 212 Å². The third-order valence-corrected chi connectivity index (χ3v) is 15.3. The fourth-order valence-corrected chi connectivity index (χ4v) is 10.9. The van der Waals surface area contributed by atoms with Gasteiger partial charge in [-0.1, -0.05) is 200 Å². The molecule has 18 nitrogen and oxygen atoms in total. The van der Waals surface area contributed by atoms with Gasteiger partial charge in [-0.05, 0) is 45.5 Å². The summed E-state index contributed by atoms with van der Waals surface area (Å²) in [6, 6.07) is 65.6. The number of hydrogen-bond donors (Lipinski definition) is 2. The number of aliphatic hydroxyl groups is 2. The fraction of sp³-hybridized carbons (Fsp3) is 0.371. The van der Waals surface area contributed by atoms with Crippen LogP contribution in [0.4, 0.5) is 0 Å². The molecular formula is C70H76O18. The van der Waals surface area contributed by atoms with E-state index < -0.39 is 111 Å². The van der Waals surface area contributed by atoms with E-state index in [1.54, 1.807) is 30.3 Å². The smallest absolute Gasteiger partial charge is 0.338 e. The van der Waals surface area contributed by atoms with E-state index in [0.717, 1.165) is 33.4 Å². The van der Waals surface area contributed by atoms with Gasteiger partial charge < -0.3 is 76.5 Å². The van der Waals surface area contributed by atoms with Crippen molar-refractivity contribution >= 4 is 11.9 Å². The molecule has 464 valence electrons. The summed E-state index contributed by atoms with van der Waals surface area (Å²) in [5, 5.41) is 22.6. The van der Waals surface area contributed by atoms with Gasteiger partial charge in [-0.15, -0.1) is 0 Å². The summed E-state index contributed by atoms with van der Waals surface area (Å²) >= 11 is 0. The van der Waals surface area contributed by atoms with Crippen LogP contribution >= 0.6 is 0 Å². The summed E-state index contributed by atoms with van der Waals surface area (Å²) in [7, 11) is 1.40. The first-order valence-corrected chi connectivity index (χ1v) is 29.6. The number of carbonyl (C=O) groups is 2. The molecule has 0 unspecified atom stereocenters.